The Hall–Kier alpha value is -2.34. The van der Waals surface area contributed by atoms with Crippen LogP contribution in [0.4, 0.5) is 11.4 Å². The lowest BCUT2D eigenvalue weighted by atomic mass is 9.95. The van der Waals surface area contributed by atoms with Crippen molar-refractivity contribution < 1.29 is 14.3 Å². The number of hydrogen-bond donors (Lipinski definition) is 2. The number of hydrogen-bond acceptors (Lipinski definition) is 3. The van der Waals surface area contributed by atoms with E-state index < -0.39 is 5.41 Å². The highest BCUT2D eigenvalue weighted by Crippen LogP contribution is 2.29. The SMILES string of the molecule is CC(C)c1cc(Br)ccc1OCC(=O)Nc1cccc(NC(=O)C(C)(C)C)c1. The minimum atomic E-state index is -0.494. The lowest BCUT2D eigenvalue weighted by Crippen LogP contribution is -2.27. The summed E-state index contributed by atoms with van der Waals surface area (Å²) in [6, 6.07) is 12.8. The summed E-state index contributed by atoms with van der Waals surface area (Å²) in [6.07, 6.45) is 0. The smallest absolute Gasteiger partial charge is 0.262 e. The number of halogens is 1. The van der Waals surface area contributed by atoms with Crippen LogP contribution in [0.5, 0.6) is 5.75 Å². The van der Waals surface area contributed by atoms with Crippen molar-refractivity contribution in [1.82, 2.24) is 0 Å². The molecule has 0 saturated carbocycles. The maximum Gasteiger partial charge on any atom is 0.262 e. The molecule has 0 bridgehead atoms. The summed E-state index contributed by atoms with van der Waals surface area (Å²) in [7, 11) is 0. The van der Waals surface area contributed by atoms with Crippen molar-refractivity contribution in [3.05, 3.63) is 52.5 Å². The van der Waals surface area contributed by atoms with Gasteiger partial charge in [0.1, 0.15) is 5.75 Å². The van der Waals surface area contributed by atoms with Gasteiger partial charge in [-0.1, -0.05) is 56.6 Å². The highest BCUT2D eigenvalue weighted by molar-refractivity contribution is 9.10. The van der Waals surface area contributed by atoms with Gasteiger partial charge in [0.25, 0.3) is 5.91 Å². The molecule has 0 radical (unpaired) electrons. The average molecular weight is 447 g/mol. The fraction of sp³-hybridized carbons (Fsp3) is 0.364. The van der Waals surface area contributed by atoms with Crippen LogP contribution in [0, 0.1) is 5.41 Å². The van der Waals surface area contributed by atoms with E-state index in [1.807, 2.05) is 39.0 Å². The third kappa shape index (κ3) is 6.37. The molecule has 2 amide bonds. The second kappa shape index (κ2) is 9.24. The first-order chi connectivity index (χ1) is 13.1. The van der Waals surface area contributed by atoms with Crippen LogP contribution in [0.3, 0.4) is 0 Å². The van der Waals surface area contributed by atoms with Crippen LogP contribution in [-0.4, -0.2) is 18.4 Å². The monoisotopic (exact) mass is 446 g/mol. The summed E-state index contributed by atoms with van der Waals surface area (Å²) in [5, 5.41) is 5.65. The molecule has 5 nitrogen and oxygen atoms in total. The van der Waals surface area contributed by atoms with E-state index in [0.717, 1.165) is 10.0 Å². The Morgan fingerprint density at radius 3 is 2.29 bits per heavy atom. The highest BCUT2D eigenvalue weighted by Gasteiger charge is 2.21. The predicted molar refractivity (Wildman–Crippen MR) is 117 cm³/mol. The second-order valence-electron chi connectivity index (χ2n) is 7.96. The standard InChI is InChI=1S/C22H27BrN2O3/c1-14(2)18-11-15(23)9-10-19(18)28-13-20(26)24-16-7-6-8-17(12-16)25-21(27)22(3,4)5/h6-12,14H,13H2,1-5H3,(H,24,26)(H,25,27). The Balaban J connectivity index is 1.99. The van der Waals surface area contributed by atoms with Crippen molar-refractivity contribution in [2.24, 2.45) is 5.41 Å². The zero-order valence-corrected chi connectivity index (χ0v) is 18.5. The van der Waals surface area contributed by atoms with Crippen molar-refractivity contribution >= 4 is 39.1 Å². The molecule has 0 aromatic heterocycles. The number of rotatable bonds is 6. The maximum atomic E-state index is 12.3. The molecule has 0 atom stereocenters. The predicted octanol–water partition coefficient (Wildman–Crippen LogP) is 5.57. The van der Waals surface area contributed by atoms with E-state index in [4.69, 9.17) is 4.74 Å². The molecular weight excluding hydrogens is 420 g/mol. The molecule has 2 aromatic rings. The third-order valence-electron chi connectivity index (χ3n) is 4.04. The summed E-state index contributed by atoms with van der Waals surface area (Å²) in [6.45, 7) is 9.59. The lowest BCUT2D eigenvalue weighted by molar-refractivity contribution is -0.123. The van der Waals surface area contributed by atoms with E-state index >= 15 is 0 Å². The minimum absolute atomic E-state index is 0.0873. The largest absolute Gasteiger partial charge is 0.483 e. The first kappa shape index (κ1) is 22.0. The molecule has 0 aliphatic rings. The Morgan fingerprint density at radius 1 is 1.04 bits per heavy atom. The molecule has 0 fully saturated rings. The number of anilines is 2. The maximum absolute atomic E-state index is 12.3. The highest BCUT2D eigenvalue weighted by atomic mass is 79.9. The van der Waals surface area contributed by atoms with E-state index in [2.05, 4.69) is 40.4 Å². The Bertz CT molecular complexity index is 857. The molecular formula is C22H27BrN2O3. The van der Waals surface area contributed by atoms with Gasteiger partial charge in [-0.3, -0.25) is 9.59 Å². The minimum Gasteiger partial charge on any atom is -0.483 e. The van der Waals surface area contributed by atoms with Crippen molar-refractivity contribution in [1.29, 1.82) is 0 Å². The molecule has 150 valence electrons. The van der Waals surface area contributed by atoms with Crippen LogP contribution < -0.4 is 15.4 Å². The number of benzene rings is 2. The quantitative estimate of drug-likeness (QED) is 0.608. The van der Waals surface area contributed by atoms with Gasteiger partial charge in [0.15, 0.2) is 6.61 Å². The molecule has 2 N–H and O–H groups in total. The zero-order chi connectivity index (χ0) is 20.9. The molecule has 0 saturated heterocycles. The molecule has 28 heavy (non-hydrogen) atoms. The van der Waals surface area contributed by atoms with Crippen LogP contribution in [0.1, 0.15) is 46.1 Å². The number of ether oxygens (including phenoxy) is 1. The Morgan fingerprint density at radius 2 is 1.68 bits per heavy atom. The van der Waals surface area contributed by atoms with E-state index in [-0.39, 0.29) is 24.3 Å². The fourth-order valence-corrected chi connectivity index (χ4v) is 2.81. The van der Waals surface area contributed by atoms with E-state index in [0.29, 0.717) is 17.1 Å². The molecule has 0 unspecified atom stereocenters. The van der Waals surface area contributed by atoms with Gasteiger partial charge in [-0.15, -0.1) is 0 Å². The molecule has 0 aliphatic carbocycles. The molecule has 2 aromatic carbocycles. The van der Waals surface area contributed by atoms with Crippen LogP contribution in [-0.2, 0) is 9.59 Å². The zero-order valence-electron chi connectivity index (χ0n) is 16.9. The summed E-state index contributed by atoms with van der Waals surface area (Å²) in [5.74, 6) is 0.617. The molecule has 6 heteroatoms. The van der Waals surface area contributed by atoms with Crippen molar-refractivity contribution in [2.75, 3.05) is 17.2 Å². The first-order valence-electron chi connectivity index (χ1n) is 9.20. The van der Waals surface area contributed by atoms with Gasteiger partial charge < -0.3 is 15.4 Å². The first-order valence-corrected chi connectivity index (χ1v) is 9.99. The van der Waals surface area contributed by atoms with Crippen molar-refractivity contribution in [3.8, 4) is 5.75 Å². The lowest BCUT2D eigenvalue weighted by Gasteiger charge is -2.18. The number of carbonyl (C=O) groups excluding carboxylic acids is 2. The summed E-state index contributed by atoms with van der Waals surface area (Å²) in [5.41, 5.74) is 1.77. The summed E-state index contributed by atoms with van der Waals surface area (Å²) in [4.78, 5) is 24.4. The number of nitrogens with one attached hydrogen (secondary N) is 2. The van der Waals surface area contributed by atoms with Crippen LogP contribution in [0.15, 0.2) is 46.9 Å². The number of amides is 2. The van der Waals surface area contributed by atoms with Crippen LogP contribution in [0.2, 0.25) is 0 Å². The molecule has 0 heterocycles. The topological polar surface area (TPSA) is 67.4 Å². The molecule has 2 rings (SSSR count). The Kier molecular flexibility index (Phi) is 7.24. The van der Waals surface area contributed by atoms with Crippen molar-refractivity contribution in [2.45, 2.75) is 40.5 Å². The molecule has 0 spiro atoms. The van der Waals surface area contributed by atoms with Gasteiger partial charge in [0.05, 0.1) is 0 Å². The summed E-state index contributed by atoms with van der Waals surface area (Å²) < 4.78 is 6.70. The van der Waals surface area contributed by atoms with Gasteiger partial charge in [0, 0.05) is 21.3 Å². The summed E-state index contributed by atoms with van der Waals surface area (Å²) >= 11 is 3.46. The van der Waals surface area contributed by atoms with E-state index in [9.17, 15) is 9.59 Å². The van der Waals surface area contributed by atoms with Crippen molar-refractivity contribution in [3.63, 3.8) is 0 Å². The van der Waals surface area contributed by atoms with Gasteiger partial charge in [0.2, 0.25) is 5.91 Å². The normalized spacial score (nSPS) is 11.2. The molecule has 0 aliphatic heterocycles. The number of carbonyl (C=O) groups is 2. The fourth-order valence-electron chi connectivity index (χ4n) is 2.44. The van der Waals surface area contributed by atoms with Gasteiger partial charge >= 0.3 is 0 Å². The van der Waals surface area contributed by atoms with Crippen LogP contribution in [0.25, 0.3) is 0 Å². The van der Waals surface area contributed by atoms with Crippen LogP contribution >= 0.6 is 15.9 Å². The van der Waals surface area contributed by atoms with Gasteiger partial charge in [-0.2, -0.15) is 0 Å². The second-order valence-corrected chi connectivity index (χ2v) is 8.87. The Labute approximate surface area is 175 Å². The average Bonchev–Trinajstić information content (AvgIpc) is 2.60. The van der Waals surface area contributed by atoms with E-state index in [1.165, 1.54) is 0 Å². The van der Waals surface area contributed by atoms with E-state index in [1.54, 1.807) is 24.3 Å². The third-order valence-corrected chi connectivity index (χ3v) is 4.53. The van der Waals surface area contributed by atoms with Gasteiger partial charge in [-0.25, -0.2) is 0 Å². The van der Waals surface area contributed by atoms with Gasteiger partial charge in [-0.05, 0) is 47.9 Å².